The van der Waals surface area contributed by atoms with Gasteiger partial charge in [0, 0.05) is 23.5 Å². The predicted molar refractivity (Wildman–Crippen MR) is 145 cm³/mol. The second kappa shape index (κ2) is 10.6. The van der Waals surface area contributed by atoms with Crippen molar-refractivity contribution in [2.45, 2.75) is 64.8 Å². The number of rotatable bonds is 6. The van der Waals surface area contributed by atoms with Gasteiger partial charge in [-0.1, -0.05) is 77.9 Å². The first kappa shape index (κ1) is 27.1. The molecule has 0 amide bonds. The second-order valence-electron chi connectivity index (χ2n) is 11.1. The number of ether oxygens (including phenoxy) is 2. The molecule has 0 heterocycles. The highest BCUT2D eigenvalue weighted by molar-refractivity contribution is 5.97. The van der Waals surface area contributed by atoms with E-state index in [9.17, 15) is 9.59 Å². The molecule has 1 atom stereocenters. The monoisotopic (exact) mass is 490 g/mol. The van der Waals surface area contributed by atoms with Gasteiger partial charge in [-0.15, -0.1) is 0 Å². The summed E-state index contributed by atoms with van der Waals surface area (Å²) in [6.45, 7) is 12.8. The number of hydrogen-bond acceptors (Lipinski definition) is 6. The molecule has 0 aromatic heterocycles. The SMILES string of the molecule is COC(=O)C1=CC(Nc2ccccc2C(C)(C)C)=C(C(=O)OC)CC1Nc1ccccc1C(C)(C)C. The Balaban J connectivity index is 2.09. The van der Waals surface area contributed by atoms with Crippen LogP contribution in [-0.2, 0) is 29.9 Å². The number of benzene rings is 2. The minimum absolute atomic E-state index is 0.113. The van der Waals surface area contributed by atoms with Crippen LogP contribution in [0.3, 0.4) is 0 Å². The minimum Gasteiger partial charge on any atom is -0.466 e. The van der Waals surface area contributed by atoms with E-state index in [0.29, 0.717) is 16.8 Å². The third-order valence-corrected chi connectivity index (χ3v) is 6.33. The maximum Gasteiger partial charge on any atom is 0.335 e. The van der Waals surface area contributed by atoms with Crippen molar-refractivity contribution in [2.24, 2.45) is 0 Å². The highest BCUT2D eigenvalue weighted by Crippen LogP contribution is 2.36. The zero-order valence-corrected chi connectivity index (χ0v) is 22.6. The highest BCUT2D eigenvalue weighted by atomic mass is 16.5. The van der Waals surface area contributed by atoms with Crippen LogP contribution < -0.4 is 10.6 Å². The summed E-state index contributed by atoms with van der Waals surface area (Å²) in [5.41, 5.74) is 5.16. The predicted octanol–water partition coefficient (Wildman–Crippen LogP) is 6.10. The van der Waals surface area contributed by atoms with Crippen LogP contribution in [0.1, 0.15) is 59.1 Å². The molecule has 2 aromatic rings. The first-order valence-corrected chi connectivity index (χ1v) is 12.2. The molecule has 0 saturated carbocycles. The molecular formula is C30H38N2O4. The molecule has 0 spiro atoms. The summed E-state index contributed by atoms with van der Waals surface area (Å²) in [6, 6.07) is 15.5. The van der Waals surface area contributed by atoms with Gasteiger partial charge in [-0.3, -0.25) is 0 Å². The van der Waals surface area contributed by atoms with Gasteiger partial charge >= 0.3 is 11.9 Å². The summed E-state index contributed by atoms with van der Waals surface area (Å²) < 4.78 is 10.3. The summed E-state index contributed by atoms with van der Waals surface area (Å²) in [6.07, 6.45) is 1.96. The Hall–Kier alpha value is -3.54. The first-order chi connectivity index (χ1) is 16.9. The van der Waals surface area contributed by atoms with Gasteiger partial charge in [0.1, 0.15) is 0 Å². The van der Waals surface area contributed by atoms with E-state index in [4.69, 9.17) is 9.47 Å². The average Bonchev–Trinajstić information content (AvgIpc) is 2.83. The molecule has 0 fully saturated rings. The van der Waals surface area contributed by atoms with Crippen LogP contribution in [0.2, 0.25) is 0 Å². The summed E-state index contributed by atoms with van der Waals surface area (Å²) >= 11 is 0. The zero-order chi connectivity index (χ0) is 26.7. The van der Waals surface area contributed by atoms with Crippen LogP contribution in [-0.4, -0.2) is 32.2 Å². The van der Waals surface area contributed by atoms with E-state index in [-0.39, 0.29) is 17.3 Å². The summed E-state index contributed by atoms with van der Waals surface area (Å²) in [5.74, 6) is -0.894. The molecule has 192 valence electrons. The lowest BCUT2D eigenvalue weighted by molar-refractivity contribution is -0.138. The molecular weight excluding hydrogens is 452 g/mol. The van der Waals surface area contributed by atoms with E-state index in [1.165, 1.54) is 14.2 Å². The van der Waals surface area contributed by atoms with Crippen LogP contribution in [0, 0.1) is 0 Å². The first-order valence-electron chi connectivity index (χ1n) is 12.2. The van der Waals surface area contributed by atoms with Crippen molar-refractivity contribution in [3.8, 4) is 0 Å². The van der Waals surface area contributed by atoms with Gasteiger partial charge in [-0.25, -0.2) is 9.59 Å². The standard InChI is InChI=1S/C30H38N2O4/c1-29(2,3)21-13-9-11-15-23(21)31-25-17-20(28(34)36-8)26(18-19(25)27(33)35-7)32-24-16-12-10-14-22(24)30(4,5)6/h9-17,26,31-32H,18H2,1-8H3. The van der Waals surface area contributed by atoms with Gasteiger partial charge in [0.25, 0.3) is 0 Å². The summed E-state index contributed by atoms with van der Waals surface area (Å²) in [4.78, 5) is 25.8. The third-order valence-electron chi connectivity index (χ3n) is 6.33. The van der Waals surface area contributed by atoms with E-state index < -0.39 is 18.0 Å². The topological polar surface area (TPSA) is 76.7 Å². The molecule has 3 rings (SSSR count). The van der Waals surface area contributed by atoms with Crippen LogP contribution >= 0.6 is 0 Å². The van der Waals surface area contributed by atoms with E-state index in [1.807, 2.05) is 36.4 Å². The molecule has 0 saturated heterocycles. The molecule has 0 bridgehead atoms. The molecule has 0 radical (unpaired) electrons. The van der Waals surface area contributed by atoms with Gasteiger partial charge in [0.2, 0.25) is 0 Å². The highest BCUT2D eigenvalue weighted by Gasteiger charge is 2.33. The van der Waals surface area contributed by atoms with E-state index >= 15 is 0 Å². The van der Waals surface area contributed by atoms with Crippen LogP contribution in [0.25, 0.3) is 0 Å². The van der Waals surface area contributed by atoms with Crippen molar-refractivity contribution in [1.82, 2.24) is 0 Å². The van der Waals surface area contributed by atoms with Crippen molar-refractivity contribution in [3.05, 3.63) is 82.6 Å². The number of carbonyl (C=O) groups is 2. The fourth-order valence-corrected chi connectivity index (χ4v) is 4.48. The zero-order valence-electron chi connectivity index (χ0n) is 22.6. The molecule has 36 heavy (non-hydrogen) atoms. The average molecular weight is 491 g/mol. The van der Waals surface area contributed by atoms with E-state index in [1.54, 1.807) is 6.08 Å². The maximum atomic E-state index is 12.9. The summed E-state index contributed by atoms with van der Waals surface area (Å²) in [7, 11) is 2.73. The Morgan fingerprint density at radius 1 is 0.778 bits per heavy atom. The molecule has 1 aliphatic rings. The van der Waals surface area contributed by atoms with Crippen molar-refractivity contribution in [1.29, 1.82) is 0 Å². The smallest absolute Gasteiger partial charge is 0.335 e. The Labute approximate surface area is 214 Å². The Kier molecular flexibility index (Phi) is 7.97. The van der Waals surface area contributed by atoms with Gasteiger partial charge in [-0.2, -0.15) is 0 Å². The molecule has 1 unspecified atom stereocenters. The number of anilines is 2. The van der Waals surface area contributed by atoms with Crippen molar-refractivity contribution in [3.63, 3.8) is 0 Å². The molecule has 1 aliphatic carbocycles. The number of para-hydroxylation sites is 2. The van der Waals surface area contributed by atoms with Gasteiger partial charge in [-0.05, 0) is 40.2 Å². The van der Waals surface area contributed by atoms with Crippen molar-refractivity contribution < 1.29 is 19.1 Å². The van der Waals surface area contributed by atoms with Gasteiger partial charge < -0.3 is 20.1 Å². The largest absolute Gasteiger partial charge is 0.466 e. The number of esters is 2. The number of carbonyl (C=O) groups excluding carboxylic acids is 2. The number of methoxy groups -OCH3 is 2. The number of allylic oxidation sites excluding steroid dienone is 1. The van der Waals surface area contributed by atoms with Crippen molar-refractivity contribution in [2.75, 3.05) is 24.9 Å². The fourth-order valence-electron chi connectivity index (χ4n) is 4.48. The normalized spacial score (nSPS) is 16.2. The van der Waals surface area contributed by atoms with Crippen LogP contribution in [0.15, 0.2) is 71.5 Å². The fraction of sp³-hybridized carbons (Fsp3) is 0.400. The number of hydrogen-bond donors (Lipinski definition) is 2. The quantitative estimate of drug-likeness (QED) is 0.476. The molecule has 6 nitrogen and oxygen atoms in total. The maximum absolute atomic E-state index is 12.9. The Morgan fingerprint density at radius 3 is 1.81 bits per heavy atom. The number of nitrogens with one attached hydrogen (secondary N) is 2. The molecule has 6 heteroatoms. The third kappa shape index (κ3) is 5.99. The van der Waals surface area contributed by atoms with Gasteiger partial charge in [0.05, 0.1) is 31.4 Å². The lowest BCUT2D eigenvalue weighted by Gasteiger charge is -2.31. The van der Waals surface area contributed by atoms with Crippen molar-refractivity contribution >= 4 is 23.3 Å². The van der Waals surface area contributed by atoms with Crippen LogP contribution in [0.4, 0.5) is 11.4 Å². The molecule has 0 aliphatic heterocycles. The van der Waals surface area contributed by atoms with Gasteiger partial charge in [0.15, 0.2) is 0 Å². The van der Waals surface area contributed by atoms with Crippen LogP contribution in [0.5, 0.6) is 0 Å². The minimum atomic E-state index is -0.474. The summed E-state index contributed by atoms with van der Waals surface area (Å²) in [5, 5.41) is 6.93. The lowest BCUT2D eigenvalue weighted by Crippen LogP contribution is -2.34. The van der Waals surface area contributed by atoms with E-state index in [2.05, 4.69) is 64.3 Å². The Morgan fingerprint density at radius 2 is 1.28 bits per heavy atom. The lowest BCUT2D eigenvalue weighted by atomic mass is 9.84. The van der Waals surface area contributed by atoms with E-state index in [0.717, 1.165) is 22.5 Å². The second-order valence-corrected chi connectivity index (χ2v) is 11.1. The molecule has 2 aromatic carbocycles. The molecule has 2 N–H and O–H groups in total. The Bertz CT molecular complexity index is 1200.